The average molecular weight is 436 g/mol. The van der Waals surface area contributed by atoms with Gasteiger partial charge in [-0.25, -0.2) is 4.79 Å². The van der Waals surface area contributed by atoms with Crippen molar-refractivity contribution in [3.8, 4) is 0 Å². The third-order valence-corrected chi connectivity index (χ3v) is 6.46. The van der Waals surface area contributed by atoms with Crippen molar-refractivity contribution in [2.75, 3.05) is 38.2 Å². The third-order valence-electron chi connectivity index (χ3n) is 6.46. The Labute approximate surface area is 185 Å². The fourth-order valence-electron chi connectivity index (χ4n) is 4.70. The number of carbonyl (C=O) groups excluding carboxylic acids is 2. The van der Waals surface area contributed by atoms with E-state index in [9.17, 15) is 9.59 Å². The van der Waals surface area contributed by atoms with Gasteiger partial charge >= 0.3 is 6.09 Å². The first-order chi connectivity index (χ1) is 14.7. The second-order valence-electron chi connectivity index (χ2n) is 9.87. The minimum atomic E-state index is -0.448. The van der Waals surface area contributed by atoms with E-state index in [0.29, 0.717) is 17.6 Å². The van der Waals surface area contributed by atoms with Crippen LogP contribution in [0, 0.1) is 17.8 Å². The van der Waals surface area contributed by atoms with Crippen molar-refractivity contribution in [2.45, 2.75) is 65.1 Å². The van der Waals surface area contributed by atoms with Crippen LogP contribution in [0.25, 0.3) is 0 Å². The Morgan fingerprint density at radius 2 is 1.74 bits per heavy atom. The number of rotatable bonds is 6. The Hall–Kier alpha value is -2.09. The molecule has 2 saturated heterocycles. The molecule has 1 amide bonds. The summed E-state index contributed by atoms with van der Waals surface area (Å²) in [6.45, 7) is 10.9. The second-order valence-corrected chi connectivity index (χ2v) is 9.87. The van der Waals surface area contributed by atoms with Gasteiger partial charge in [-0.05, 0) is 58.3 Å². The summed E-state index contributed by atoms with van der Waals surface area (Å²) in [5.41, 5.74) is -0.448. The second kappa shape index (κ2) is 10.0. The molecular weight excluding hydrogens is 398 g/mol. The molecular formula is C23H37N3O5. The van der Waals surface area contributed by atoms with E-state index in [-0.39, 0.29) is 12.0 Å². The van der Waals surface area contributed by atoms with Crippen LogP contribution in [-0.2, 0) is 14.3 Å². The van der Waals surface area contributed by atoms with Crippen molar-refractivity contribution in [1.29, 1.82) is 0 Å². The summed E-state index contributed by atoms with van der Waals surface area (Å²) >= 11 is 0. The molecule has 8 heteroatoms. The zero-order valence-electron chi connectivity index (χ0n) is 19.5. The maximum absolute atomic E-state index is 12.3. The van der Waals surface area contributed by atoms with E-state index in [2.05, 4.69) is 10.1 Å². The quantitative estimate of drug-likeness (QED) is 0.623. The van der Waals surface area contributed by atoms with Crippen LogP contribution in [0.2, 0.25) is 0 Å². The van der Waals surface area contributed by atoms with Crippen LogP contribution in [0.4, 0.5) is 10.6 Å². The summed E-state index contributed by atoms with van der Waals surface area (Å²) in [5.74, 6) is 2.44. The predicted octanol–water partition coefficient (Wildman–Crippen LogP) is 4.06. The number of anilines is 1. The van der Waals surface area contributed by atoms with Gasteiger partial charge < -0.3 is 28.6 Å². The first kappa shape index (κ1) is 23.6. The largest absolute Gasteiger partial charge is 0.444 e. The lowest BCUT2D eigenvalue weighted by Gasteiger charge is -2.40. The standard InChI is InChI=1S/C23H37N3O5/c1-16(15-27)21(29-5)19-14-20(24-31-19)25-10-6-17(7-11-25)18-8-12-26(13-9-18)22(28)30-23(2,3)4/h14-18,21H,6-13H2,1-5H3. The number of ether oxygens (including phenoxy) is 2. The van der Waals surface area contributed by atoms with Crippen LogP contribution in [0.3, 0.4) is 0 Å². The van der Waals surface area contributed by atoms with E-state index in [1.807, 2.05) is 38.7 Å². The number of methoxy groups -OCH3 is 1. The smallest absolute Gasteiger partial charge is 0.410 e. The molecule has 3 heterocycles. The molecule has 31 heavy (non-hydrogen) atoms. The highest BCUT2D eigenvalue weighted by atomic mass is 16.6. The monoisotopic (exact) mass is 435 g/mol. The molecule has 0 radical (unpaired) electrons. The van der Waals surface area contributed by atoms with Gasteiger partial charge in [-0.1, -0.05) is 12.1 Å². The van der Waals surface area contributed by atoms with Gasteiger partial charge in [0.1, 0.15) is 18.0 Å². The Balaban J connectivity index is 1.47. The molecule has 0 saturated carbocycles. The third kappa shape index (κ3) is 5.99. The Morgan fingerprint density at radius 1 is 1.16 bits per heavy atom. The summed E-state index contributed by atoms with van der Waals surface area (Å²) in [6, 6.07) is 1.90. The number of piperidine rings is 2. The average Bonchev–Trinajstić information content (AvgIpc) is 3.23. The van der Waals surface area contributed by atoms with E-state index in [1.54, 1.807) is 7.11 Å². The Kier molecular flexibility index (Phi) is 7.62. The summed E-state index contributed by atoms with van der Waals surface area (Å²) in [5, 5.41) is 4.22. The molecule has 3 rings (SSSR count). The summed E-state index contributed by atoms with van der Waals surface area (Å²) in [7, 11) is 1.58. The predicted molar refractivity (Wildman–Crippen MR) is 117 cm³/mol. The Bertz CT molecular complexity index is 728. The first-order valence-electron chi connectivity index (χ1n) is 11.4. The van der Waals surface area contributed by atoms with Gasteiger partial charge in [0.05, 0.1) is 0 Å². The molecule has 174 valence electrons. The molecule has 2 unspecified atom stereocenters. The minimum Gasteiger partial charge on any atom is -0.444 e. The highest BCUT2D eigenvalue weighted by Crippen LogP contribution is 2.35. The van der Waals surface area contributed by atoms with Gasteiger partial charge in [-0.15, -0.1) is 0 Å². The number of amides is 1. The lowest BCUT2D eigenvalue weighted by atomic mass is 9.79. The van der Waals surface area contributed by atoms with Crippen LogP contribution in [0.15, 0.2) is 10.6 Å². The number of nitrogens with zero attached hydrogens (tertiary/aromatic N) is 3. The normalized spacial score (nSPS) is 21.1. The van der Waals surface area contributed by atoms with Gasteiger partial charge in [0.25, 0.3) is 0 Å². The van der Waals surface area contributed by atoms with Crippen molar-refractivity contribution in [3.05, 3.63) is 11.8 Å². The maximum Gasteiger partial charge on any atom is 0.410 e. The SMILES string of the molecule is COC(c1cc(N2CCC(C3CCN(C(=O)OC(C)(C)C)CC3)CC2)no1)C(C)C=O. The summed E-state index contributed by atoms with van der Waals surface area (Å²) in [6.07, 6.45) is 4.56. The van der Waals surface area contributed by atoms with Crippen LogP contribution < -0.4 is 4.90 Å². The van der Waals surface area contributed by atoms with Crippen molar-refractivity contribution < 1.29 is 23.6 Å². The molecule has 2 aliphatic heterocycles. The number of hydrogen-bond donors (Lipinski definition) is 0. The molecule has 0 bridgehead atoms. The molecule has 1 aromatic rings. The van der Waals surface area contributed by atoms with E-state index in [1.165, 1.54) is 0 Å². The number of aldehydes is 1. The number of likely N-dealkylation sites (tertiary alicyclic amines) is 1. The highest BCUT2D eigenvalue weighted by molar-refractivity contribution is 5.68. The molecule has 0 spiro atoms. The van der Waals surface area contributed by atoms with E-state index in [0.717, 1.165) is 64.0 Å². The van der Waals surface area contributed by atoms with Gasteiger partial charge in [0, 0.05) is 45.3 Å². The van der Waals surface area contributed by atoms with Crippen LogP contribution in [0.1, 0.15) is 65.2 Å². The molecule has 0 aromatic carbocycles. The topological polar surface area (TPSA) is 85.1 Å². The van der Waals surface area contributed by atoms with E-state index >= 15 is 0 Å². The number of hydrogen-bond acceptors (Lipinski definition) is 7. The maximum atomic E-state index is 12.3. The molecule has 2 atom stereocenters. The zero-order chi connectivity index (χ0) is 22.6. The molecule has 0 aliphatic carbocycles. The van der Waals surface area contributed by atoms with E-state index in [4.69, 9.17) is 14.0 Å². The minimum absolute atomic E-state index is 0.194. The molecule has 8 nitrogen and oxygen atoms in total. The zero-order valence-corrected chi connectivity index (χ0v) is 19.5. The fourth-order valence-corrected chi connectivity index (χ4v) is 4.70. The molecule has 2 fully saturated rings. The highest BCUT2D eigenvalue weighted by Gasteiger charge is 2.33. The Morgan fingerprint density at radius 3 is 2.26 bits per heavy atom. The van der Waals surface area contributed by atoms with Gasteiger partial charge in [-0.2, -0.15) is 0 Å². The summed E-state index contributed by atoms with van der Waals surface area (Å²) in [4.78, 5) is 27.5. The number of carbonyl (C=O) groups is 2. The molecule has 0 N–H and O–H groups in total. The summed E-state index contributed by atoms with van der Waals surface area (Å²) < 4.78 is 16.4. The molecule has 1 aromatic heterocycles. The van der Waals surface area contributed by atoms with Crippen LogP contribution in [0.5, 0.6) is 0 Å². The van der Waals surface area contributed by atoms with Crippen molar-refractivity contribution in [1.82, 2.24) is 10.1 Å². The van der Waals surface area contributed by atoms with Crippen LogP contribution in [-0.4, -0.2) is 61.3 Å². The van der Waals surface area contributed by atoms with Crippen molar-refractivity contribution >= 4 is 18.2 Å². The lowest BCUT2D eigenvalue weighted by molar-refractivity contribution is -0.115. The molecule has 2 aliphatic rings. The van der Waals surface area contributed by atoms with Crippen molar-refractivity contribution in [3.63, 3.8) is 0 Å². The van der Waals surface area contributed by atoms with Crippen LogP contribution >= 0.6 is 0 Å². The lowest BCUT2D eigenvalue weighted by Crippen LogP contribution is -2.44. The number of aromatic nitrogens is 1. The van der Waals surface area contributed by atoms with Gasteiger partial charge in [0.2, 0.25) is 0 Å². The van der Waals surface area contributed by atoms with Gasteiger partial charge in [0.15, 0.2) is 11.6 Å². The van der Waals surface area contributed by atoms with E-state index < -0.39 is 11.7 Å². The van der Waals surface area contributed by atoms with Crippen molar-refractivity contribution in [2.24, 2.45) is 17.8 Å². The first-order valence-corrected chi connectivity index (χ1v) is 11.4. The fraction of sp³-hybridized carbons (Fsp3) is 0.783. The van der Waals surface area contributed by atoms with Gasteiger partial charge in [-0.3, -0.25) is 0 Å².